The van der Waals surface area contributed by atoms with Crippen LogP contribution in [0.4, 0.5) is 5.69 Å². The molecule has 4 heteroatoms. The zero-order chi connectivity index (χ0) is 15.9. The van der Waals surface area contributed by atoms with E-state index in [-0.39, 0.29) is 5.91 Å². The van der Waals surface area contributed by atoms with Gasteiger partial charge in [0.05, 0.1) is 0 Å². The number of halogens is 1. The Hall–Kier alpha value is -2.26. The van der Waals surface area contributed by atoms with Gasteiger partial charge in [-0.25, -0.2) is 0 Å². The van der Waals surface area contributed by atoms with Crippen LogP contribution in [0.3, 0.4) is 0 Å². The molecular formula is C18H17ClN2O. The van der Waals surface area contributed by atoms with Gasteiger partial charge in [-0.1, -0.05) is 23.7 Å². The maximum atomic E-state index is 12.5. The summed E-state index contributed by atoms with van der Waals surface area (Å²) in [5.74, 6) is -0.141. The van der Waals surface area contributed by atoms with Crippen molar-refractivity contribution in [1.82, 2.24) is 4.57 Å². The van der Waals surface area contributed by atoms with Crippen LogP contribution < -0.4 is 5.32 Å². The van der Waals surface area contributed by atoms with Crippen molar-refractivity contribution in [3.63, 3.8) is 0 Å². The van der Waals surface area contributed by atoms with Gasteiger partial charge in [-0.3, -0.25) is 4.79 Å². The highest BCUT2D eigenvalue weighted by molar-refractivity contribution is 6.35. The van der Waals surface area contributed by atoms with E-state index in [1.54, 1.807) is 0 Å². The molecule has 0 unspecified atom stereocenters. The molecule has 3 rings (SSSR count). The van der Waals surface area contributed by atoms with Crippen LogP contribution in [-0.2, 0) is 7.05 Å². The average molecular weight is 313 g/mol. The van der Waals surface area contributed by atoms with Gasteiger partial charge in [0.1, 0.15) is 5.69 Å². The standard InChI is InChI=1S/C18H17ClN2O/c1-11-7-8-13(9-12(11)2)20-18(22)17-10-14-15(19)5-4-6-16(14)21(17)3/h4-10H,1-3H3,(H,20,22). The van der Waals surface area contributed by atoms with Crippen LogP contribution >= 0.6 is 11.6 Å². The number of amides is 1. The van der Waals surface area contributed by atoms with Crippen molar-refractivity contribution in [3.8, 4) is 0 Å². The number of aromatic nitrogens is 1. The smallest absolute Gasteiger partial charge is 0.272 e. The molecule has 112 valence electrons. The fourth-order valence-corrected chi connectivity index (χ4v) is 2.78. The molecule has 3 nitrogen and oxygen atoms in total. The minimum absolute atomic E-state index is 0.141. The van der Waals surface area contributed by atoms with Gasteiger partial charge in [0.2, 0.25) is 0 Å². The lowest BCUT2D eigenvalue weighted by atomic mass is 10.1. The molecule has 3 aromatic rings. The summed E-state index contributed by atoms with van der Waals surface area (Å²) in [5.41, 5.74) is 4.68. The second kappa shape index (κ2) is 5.50. The second-order valence-electron chi connectivity index (χ2n) is 5.51. The fraction of sp³-hybridized carbons (Fsp3) is 0.167. The third-order valence-corrected chi connectivity index (χ3v) is 4.36. The number of nitrogens with one attached hydrogen (secondary N) is 1. The number of fused-ring (bicyclic) bond motifs is 1. The molecule has 0 fully saturated rings. The van der Waals surface area contributed by atoms with Gasteiger partial charge in [0.15, 0.2) is 0 Å². The molecule has 0 saturated carbocycles. The maximum absolute atomic E-state index is 12.5. The molecule has 0 aliphatic rings. The van der Waals surface area contributed by atoms with Crippen LogP contribution in [0, 0.1) is 13.8 Å². The van der Waals surface area contributed by atoms with Crippen molar-refractivity contribution in [2.24, 2.45) is 7.05 Å². The lowest BCUT2D eigenvalue weighted by Gasteiger charge is -2.08. The van der Waals surface area contributed by atoms with Crippen molar-refractivity contribution in [2.45, 2.75) is 13.8 Å². The van der Waals surface area contributed by atoms with Gasteiger partial charge < -0.3 is 9.88 Å². The van der Waals surface area contributed by atoms with E-state index in [1.165, 1.54) is 5.56 Å². The van der Waals surface area contributed by atoms with E-state index in [1.807, 2.05) is 67.9 Å². The summed E-state index contributed by atoms with van der Waals surface area (Å²) in [6, 6.07) is 13.4. The van der Waals surface area contributed by atoms with Crippen molar-refractivity contribution in [3.05, 3.63) is 64.3 Å². The zero-order valence-corrected chi connectivity index (χ0v) is 13.5. The third kappa shape index (κ3) is 2.48. The molecule has 1 heterocycles. The Balaban J connectivity index is 1.97. The summed E-state index contributed by atoms with van der Waals surface area (Å²) in [6.07, 6.45) is 0. The number of rotatable bonds is 2. The molecule has 0 spiro atoms. The topological polar surface area (TPSA) is 34.0 Å². The minimum atomic E-state index is -0.141. The molecule has 0 saturated heterocycles. The largest absolute Gasteiger partial charge is 0.340 e. The molecule has 1 N–H and O–H groups in total. The zero-order valence-electron chi connectivity index (χ0n) is 12.8. The van der Waals surface area contributed by atoms with E-state index in [0.717, 1.165) is 22.2 Å². The normalized spacial score (nSPS) is 10.9. The third-order valence-electron chi connectivity index (χ3n) is 4.03. The molecule has 0 aliphatic heterocycles. The maximum Gasteiger partial charge on any atom is 0.272 e. The van der Waals surface area contributed by atoms with Crippen molar-refractivity contribution in [1.29, 1.82) is 0 Å². The summed E-state index contributed by atoms with van der Waals surface area (Å²) >= 11 is 6.20. The highest BCUT2D eigenvalue weighted by atomic mass is 35.5. The average Bonchev–Trinajstić information content (AvgIpc) is 2.82. The van der Waals surface area contributed by atoms with Crippen molar-refractivity contribution < 1.29 is 4.79 Å². The Morgan fingerprint density at radius 3 is 2.55 bits per heavy atom. The summed E-state index contributed by atoms with van der Waals surface area (Å²) < 4.78 is 1.86. The first-order valence-corrected chi connectivity index (χ1v) is 7.47. The Morgan fingerprint density at radius 1 is 1.09 bits per heavy atom. The van der Waals surface area contributed by atoms with Gasteiger partial charge in [-0.05, 0) is 55.3 Å². The predicted octanol–water partition coefficient (Wildman–Crippen LogP) is 4.70. The van der Waals surface area contributed by atoms with E-state index in [9.17, 15) is 4.79 Å². The first-order valence-electron chi connectivity index (χ1n) is 7.10. The predicted molar refractivity (Wildman–Crippen MR) is 91.8 cm³/mol. The summed E-state index contributed by atoms with van der Waals surface area (Å²) in [4.78, 5) is 12.5. The molecule has 0 bridgehead atoms. The molecule has 0 aliphatic carbocycles. The van der Waals surface area contributed by atoms with E-state index in [4.69, 9.17) is 11.6 Å². The first-order chi connectivity index (χ1) is 10.5. The SMILES string of the molecule is Cc1ccc(NC(=O)c2cc3c(Cl)cccc3n2C)cc1C. The number of hydrogen-bond acceptors (Lipinski definition) is 1. The van der Waals surface area contributed by atoms with Crippen LogP contribution in [0.2, 0.25) is 5.02 Å². The Bertz CT molecular complexity index is 880. The van der Waals surface area contributed by atoms with Crippen molar-refractivity contribution >= 4 is 34.1 Å². The van der Waals surface area contributed by atoms with E-state index >= 15 is 0 Å². The fourth-order valence-electron chi connectivity index (χ4n) is 2.56. The Kier molecular flexibility index (Phi) is 3.67. The molecule has 0 radical (unpaired) electrons. The molecule has 22 heavy (non-hydrogen) atoms. The van der Waals surface area contributed by atoms with Gasteiger partial charge in [0.25, 0.3) is 5.91 Å². The number of carbonyl (C=O) groups excluding carboxylic acids is 1. The number of hydrogen-bond donors (Lipinski definition) is 1. The van der Waals surface area contributed by atoms with Gasteiger partial charge in [-0.15, -0.1) is 0 Å². The lowest BCUT2D eigenvalue weighted by molar-refractivity contribution is 0.102. The number of carbonyl (C=O) groups is 1. The van der Waals surface area contributed by atoms with Crippen molar-refractivity contribution in [2.75, 3.05) is 5.32 Å². The van der Waals surface area contributed by atoms with Gasteiger partial charge >= 0.3 is 0 Å². The summed E-state index contributed by atoms with van der Waals surface area (Å²) in [7, 11) is 1.87. The quantitative estimate of drug-likeness (QED) is 0.731. The Morgan fingerprint density at radius 2 is 1.86 bits per heavy atom. The number of nitrogens with zero attached hydrogens (tertiary/aromatic N) is 1. The van der Waals surface area contributed by atoms with Crippen LogP contribution in [0.5, 0.6) is 0 Å². The molecule has 0 atom stereocenters. The first kappa shape index (κ1) is 14.7. The highest BCUT2D eigenvalue weighted by Crippen LogP contribution is 2.26. The number of anilines is 1. The van der Waals surface area contributed by atoms with E-state index in [2.05, 4.69) is 5.32 Å². The van der Waals surface area contributed by atoms with E-state index < -0.39 is 0 Å². The molecule has 1 amide bonds. The summed E-state index contributed by atoms with van der Waals surface area (Å²) in [6.45, 7) is 4.08. The van der Waals surface area contributed by atoms with Crippen LogP contribution in [0.25, 0.3) is 10.9 Å². The minimum Gasteiger partial charge on any atom is -0.340 e. The lowest BCUT2D eigenvalue weighted by Crippen LogP contribution is -2.15. The highest BCUT2D eigenvalue weighted by Gasteiger charge is 2.15. The molecular weight excluding hydrogens is 296 g/mol. The second-order valence-corrected chi connectivity index (χ2v) is 5.92. The van der Waals surface area contributed by atoms with E-state index in [0.29, 0.717) is 10.7 Å². The van der Waals surface area contributed by atoms with Crippen LogP contribution in [0.1, 0.15) is 21.6 Å². The number of benzene rings is 2. The molecule has 2 aromatic carbocycles. The van der Waals surface area contributed by atoms with Gasteiger partial charge in [-0.2, -0.15) is 0 Å². The van der Waals surface area contributed by atoms with Crippen LogP contribution in [0.15, 0.2) is 42.5 Å². The summed E-state index contributed by atoms with van der Waals surface area (Å²) in [5, 5.41) is 4.48. The monoisotopic (exact) mass is 312 g/mol. The van der Waals surface area contributed by atoms with Gasteiger partial charge in [0, 0.05) is 28.7 Å². The Labute approximate surface area is 134 Å². The van der Waals surface area contributed by atoms with Crippen LogP contribution in [-0.4, -0.2) is 10.5 Å². The molecule has 1 aromatic heterocycles. The number of aryl methyl sites for hydroxylation is 3.